The van der Waals surface area contributed by atoms with E-state index in [0.29, 0.717) is 32.1 Å². The van der Waals surface area contributed by atoms with Gasteiger partial charge in [0, 0.05) is 31.0 Å². The molecule has 7 nitrogen and oxygen atoms in total. The van der Waals surface area contributed by atoms with Crippen molar-refractivity contribution in [3.8, 4) is 0 Å². The first kappa shape index (κ1) is 20.3. The number of aryl methyl sites for hydroxylation is 2. The number of amides is 1. The summed E-state index contributed by atoms with van der Waals surface area (Å²) in [6.07, 6.45) is 2.92. The minimum Gasteiger partial charge on any atom is -0.379 e. The van der Waals surface area contributed by atoms with E-state index in [9.17, 15) is 9.59 Å². The fraction of sp³-hybridized carbons (Fsp3) is 0.632. The molecule has 1 aromatic rings. The highest BCUT2D eigenvalue weighted by Crippen LogP contribution is 2.13. The molecule has 26 heavy (non-hydrogen) atoms. The quantitative estimate of drug-likeness (QED) is 0.743. The topological polar surface area (TPSA) is 82.4 Å². The van der Waals surface area contributed by atoms with E-state index in [-0.39, 0.29) is 30.2 Å². The molecule has 0 aliphatic carbocycles. The summed E-state index contributed by atoms with van der Waals surface area (Å²) in [6.45, 7) is 9.59. The van der Waals surface area contributed by atoms with Gasteiger partial charge in [0.1, 0.15) is 0 Å². The predicted octanol–water partition coefficient (Wildman–Crippen LogP) is 1.51. The SMILES string of the molecule is CC(C)=CCO[C@H]1CCOC[C@H]1NC(=O)CCn1c(C)cc(C)nc1=O. The number of hydrogen-bond donors (Lipinski definition) is 1. The average molecular weight is 363 g/mol. The van der Waals surface area contributed by atoms with Crippen molar-refractivity contribution in [2.24, 2.45) is 0 Å². The van der Waals surface area contributed by atoms with Gasteiger partial charge in [0.05, 0.1) is 25.4 Å². The highest BCUT2D eigenvalue weighted by Gasteiger charge is 2.27. The number of aromatic nitrogens is 2. The molecular weight excluding hydrogens is 334 g/mol. The number of ether oxygens (including phenoxy) is 2. The fourth-order valence-corrected chi connectivity index (χ4v) is 2.93. The third-order valence-corrected chi connectivity index (χ3v) is 4.35. The summed E-state index contributed by atoms with van der Waals surface area (Å²) in [5, 5.41) is 2.98. The molecule has 144 valence electrons. The van der Waals surface area contributed by atoms with E-state index in [1.165, 1.54) is 10.1 Å². The summed E-state index contributed by atoms with van der Waals surface area (Å²) < 4.78 is 12.9. The van der Waals surface area contributed by atoms with Gasteiger partial charge in [-0.25, -0.2) is 4.79 Å². The minimum absolute atomic E-state index is 0.0613. The molecule has 1 aliphatic heterocycles. The standard InChI is InChI=1S/C19H29N3O4/c1-13(2)6-10-26-17-7-9-25-12-16(17)21-18(23)5-8-22-15(4)11-14(3)20-19(22)24/h6,11,16-17H,5,7-10,12H2,1-4H3,(H,21,23)/t16-,17+/m1/s1. The average Bonchev–Trinajstić information content (AvgIpc) is 2.55. The molecule has 0 bridgehead atoms. The zero-order valence-corrected chi connectivity index (χ0v) is 16.1. The second-order valence-electron chi connectivity index (χ2n) is 6.91. The molecule has 1 saturated heterocycles. The van der Waals surface area contributed by atoms with Crippen molar-refractivity contribution in [3.63, 3.8) is 0 Å². The summed E-state index contributed by atoms with van der Waals surface area (Å²) in [5.74, 6) is -0.122. The van der Waals surface area contributed by atoms with Gasteiger partial charge in [-0.2, -0.15) is 4.98 Å². The van der Waals surface area contributed by atoms with Crippen molar-refractivity contribution >= 4 is 5.91 Å². The van der Waals surface area contributed by atoms with Crippen LogP contribution in [0.15, 0.2) is 22.5 Å². The highest BCUT2D eigenvalue weighted by atomic mass is 16.5. The number of allylic oxidation sites excluding steroid dienone is 1. The van der Waals surface area contributed by atoms with Gasteiger partial charge in [-0.3, -0.25) is 9.36 Å². The van der Waals surface area contributed by atoms with E-state index in [2.05, 4.69) is 10.3 Å². The summed E-state index contributed by atoms with van der Waals surface area (Å²) in [5.41, 5.74) is 2.37. The molecule has 2 rings (SSSR count). The first-order chi connectivity index (χ1) is 12.4. The van der Waals surface area contributed by atoms with Crippen molar-refractivity contribution in [3.05, 3.63) is 39.6 Å². The minimum atomic E-state index is -0.320. The summed E-state index contributed by atoms with van der Waals surface area (Å²) >= 11 is 0. The van der Waals surface area contributed by atoms with E-state index in [1.54, 1.807) is 6.92 Å². The normalized spacial score (nSPS) is 19.8. The van der Waals surface area contributed by atoms with Crippen LogP contribution in [0.25, 0.3) is 0 Å². The Kier molecular flexibility index (Phi) is 7.53. The van der Waals surface area contributed by atoms with E-state index in [0.717, 1.165) is 12.1 Å². The van der Waals surface area contributed by atoms with Gasteiger partial charge in [-0.15, -0.1) is 0 Å². The van der Waals surface area contributed by atoms with Gasteiger partial charge < -0.3 is 14.8 Å². The molecule has 1 N–H and O–H groups in total. The van der Waals surface area contributed by atoms with Crippen LogP contribution in [0.2, 0.25) is 0 Å². The van der Waals surface area contributed by atoms with Crippen molar-refractivity contribution in [1.82, 2.24) is 14.9 Å². The van der Waals surface area contributed by atoms with Crippen LogP contribution < -0.4 is 11.0 Å². The Balaban J connectivity index is 1.89. The van der Waals surface area contributed by atoms with Crippen LogP contribution in [0.5, 0.6) is 0 Å². The zero-order chi connectivity index (χ0) is 19.1. The second kappa shape index (κ2) is 9.64. The Morgan fingerprint density at radius 2 is 2.23 bits per heavy atom. The molecule has 0 saturated carbocycles. The summed E-state index contributed by atoms with van der Waals surface area (Å²) in [6, 6.07) is 1.66. The van der Waals surface area contributed by atoms with Crippen LogP contribution in [0.3, 0.4) is 0 Å². The molecule has 0 radical (unpaired) electrons. The van der Waals surface area contributed by atoms with Crippen molar-refractivity contribution in [2.75, 3.05) is 19.8 Å². The number of nitrogens with one attached hydrogen (secondary N) is 1. The van der Waals surface area contributed by atoms with Gasteiger partial charge in [0.25, 0.3) is 0 Å². The smallest absolute Gasteiger partial charge is 0.347 e. The first-order valence-corrected chi connectivity index (χ1v) is 9.04. The predicted molar refractivity (Wildman–Crippen MR) is 99.1 cm³/mol. The van der Waals surface area contributed by atoms with Gasteiger partial charge in [-0.05, 0) is 40.2 Å². The van der Waals surface area contributed by atoms with Gasteiger partial charge in [0.15, 0.2) is 0 Å². The van der Waals surface area contributed by atoms with E-state index in [4.69, 9.17) is 9.47 Å². The Morgan fingerprint density at radius 3 is 2.92 bits per heavy atom. The lowest BCUT2D eigenvalue weighted by Crippen LogP contribution is -2.50. The molecule has 2 heterocycles. The number of carbonyl (C=O) groups excluding carboxylic acids is 1. The molecule has 2 atom stereocenters. The molecule has 0 unspecified atom stereocenters. The van der Waals surface area contributed by atoms with Crippen LogP contribution in [-0.4, -0.2) is 47.4 Å². The van der Waals surface area contributed by atoms with Gasteiger partial charge in [0.2, 0.25) is 5.91 Å². The fourth-order valence-electron chi connectivity index (χ4n) is 2.93. The molecule has 0 aromatic carbocycles. The lowest BCUT2D eigenvalue weighted by atomic mass is 10.1. The monoisotopic (exact) mass is 363 g/mol. The number of carbonyl (C=O) groups is 1. The maximum Gasteiger partial charge on any atom is 0.347 e. The molecule has 0 spiro atoms. The van der Waals surface area contributed by atoms with E-state index in [1.807, 2.05) is 32.9 Å². The maximum absolute atomic E-state index is 12.3. The van der Waals surface area contributed by atoms with E-state index < -0.39 is 0 Å². The van der Waals surface area contributed by atoms with Crippen LogP contribution in [0.1, 0.15) is 38.1 Å². The lowest BCUT2D eigenvalue weighted by molar-refractivity contribution is -0.126. The Morgan fingerprint density at radius 1 is 1.46 bits per heavy atom. The van der Waals surface area contributed by atoms with Crippen molar-refractivity contribution in [1.29, 1.82) is 0 Å². The van der Waals surface area contributed by atoms with E-state index >= 15 is 0 Å². The van der Waals surface area contributed by atoms with Crippen molar-refractivity contribution in [2.45, 2.75) is 59.2 Å². The first-order valence-electron chi connectivity index (χ1n) is 9.04. The Bertz CT molecular complexity index is 707. The Labute approximate surface area is 154 Å². The van der Waals surface area contributed by atoms with Crippen LogP contribution in [-0.2, 0) is 20.8 Å². The van der Waals surface area contributed by atoms with Crippen LogP contribution >= 0.6 is 0 Å². The molecule has 7 heteroatoms. The molecule has 1 aliphatic rings. The zero-order valence-electron chi connectivity index (χ0n) is 16.1. The lowest BCUT2D eigenvalue weighted by Gasteiger charge is -2.32. The highest BCUT2D eigenvalue weighted by molar-refractivity contribution is 5.76. The third kappa shape index (κ3) is 6.07. The number of rotatable bonds is 7. The van der Waals surface area contributed by atoms with Gasteiger partial charge in [-0.1, -0.05) is 11.6 Å². The van der Waals surface area contributed by atoms with Crippen LogP contribution in [0, 0.1) is 13.8 Å². The van der Waals surface area contributed by atoms with Gasteiger partial charge >= 0.3 is 5.69 Å². The second-order valence-corrected chi connectivity index (χ2v) is 6.91. The molecule has 1 amide bonds. The summed E-state index contributed by atoms with van der Waals surface area (Å²) in [4.78, 5) is 28.2. The van der Waals surface area contributed by atoms with Crippen LogP contribution in [0.4, 0.5) is 0 Å². The maximum atomic E-state index is 12.3. The number of nitrogens with zero attached hydrogens (tertiary/aromatic N) is 2. The largest absolute Gasteiger partial charge is 0.379 e. The third-order valence-electron chi connectivity index (χ3n) is 4.35. The summed E-state index contributed by atoms with van der Waals surface area (Å²) in [7, 11) is 0. The Hall–Kier alpha value is -1.99. The molecule has 1 aromatic heterocycles. The number of hydrogen-bond acceptors (Lipinski definition) is 5. The molecular formula is C19H29N3O4. The molecule has 1 fully saturated rings. The van der Waals surface area contributed by atoms with Crippen molar-refractivity contribution < 1.29 is 14.3 Å².